The normalized spacial score (nSPS) is 18.6. The number of nitrogens with zero attached hydrogens (tertiary/aromatic N) is 4. The van der Waals surface area contributed by atoms with Crippen LogP contribution in [0.2, 0.25) is 0 Å². The molecule has 3 rings (SSSR count). The van der Waals surface area contributed by atoms with Gasteiger partial charge in [-0.2, -0.15) is 0 Å². The number of ether oxygens (including phenoxy) is 1. The number of carbonyl (C=O) groups is 2. The summed E-state index contributed by atoms with van der Waals surface area (Å²) in [6.07, 6.45) is 0. The third kappa shape index (κ3) is 5.93. The van der Waals surface area contributed by atoms with Gasteiger partial charge in [-0.05, 0) is 26.3 Å². The zero-order valence-electron chi connectivity index (χ0n) is 18.0. The summed E-state index contributed by atoms with van der Waals surface area (Å²) >= 11 is 0. The van der Waals surface area contributed by atoms with Crippen LogP contribution in [0.25, 0.3) is 0 Å². The highest BCUT2D eigenvalue weighted by atomic mass is 16.5. The van der Waals surface area contributed by atoms with E-state index in [1.807, 2.05) is 32.9 Å². The lowest BCUT2D eigenvalue weighted by Crippen LogP contribution is -2.56. The molecule has 0 radical (unpaired) electrons. The highest BCUT2D eigenvalue weighted by Gasteiger charge is 2.30. The summed E-state index contributed by atoms with van der Waals surface area (Å²) in [5.41, 5.74) is 0.887. The molecule has 2 heterocycles. The molecule has 1 aromatic rings. The Labute approximate surface area is 174 Å². The maximum Gasteiger partial charge on any atom is 0.320 e. The minimum Gasteiger partial charge on any atom is -0.378 e. The molecule has 2 aliphatic rings. The lowest BCUT2D eigenvalue weighted by atomic mass is 10.0. The van der Waals surface area contributed by atoms with Crippen LogP contribution in [0.1, 0.15) is 26.3 Å². The van der Waals surface area contributed by atoms with Crippen LogP contribution in [0, 0.1) is 0 Å². The lowest BCUT2D eigenvalue weighted by Gasteiger charge is -2.40. The van der Waals surface area contributed by atoms with E-state index in [2.05, 4.69) is 37.8 Å². The van der Waals surface area contributed by atoms with Gasteiger partial charge in [0.2, 0.25) is 5.91 Å². The van der Waals surface area contributed by atoms with E-state index in [1.54, 1.807) is 0 Å². The van der Waals surface area contributed by atoms with Crippen molar-refractivity contribution in [2.45, 2.75) is 32.9 Å². The van der Waals surface area contributed by atoms with Crippen LogP contribution in [-0.4, -0.2) is 96.1 Å². The molecule has 0 unspecified atom stereocenters. The number of benzene rings is 1. The molecule has 0 spiro atoms. The van der Waals surface area contributed by atoms with Crippen LogP contribution < -0.4 is 0 Å². The Hall–Kier alpha value is -2.12. The topological polar surface area (TPSA) is 56.3 Å². The summed E-state index contributed by atoms with van der Waals surface area (Å²) in [5, 5.41) is 0. The van der Waals surface area contributed by atoms with Gasteiger partial charge in [0.25, 0.3) is 0 Å². The minimum absolute atomic E-state index is 0.0969. The SMILES string of the molecule is CC(C)(C)N(Cc1ccccc1)C(=O)CN1CCN(C(=O)N2CCOCC2)CC1. The third-order valence-electron chi connectivity index (χ3n) is 5.58. The zero-order chi connectivity index (χ0) is 20.9. The largest absolute Gasteiger partial charge is 0.378 e. The summed E-state index contributed by atoms with van der Waals surface area (Å²) in [6, 6.07) is 10.2. The van der Waals surface area contributed by atoms with Crippen molar-refractivity contribution in [1.82, 2.24) is 19.6 Å². The molecule has 0 aliphatic carbocycles. The Morgan fingerprint density at radius 1 is 0.931 bits per heavy atom. The van der Waals surface area contributed by atoms with E-state index in [0.717, 1.165) is 18.7 Å². The Morgan fingerprint density at radius 3 is 2.10 bits per heavy atom. The molecule has 0 atom stereocenters. The zero-order valence-corrected chi connectivity index (χ0v) is 18.0. The molecule has 2 saturated heterocycles. The van der Waals surface area contributed by atoms with E-state index < -0.39 is 0 Å². The van der Waals surface area contributed by atoms with Crippen molar-refractivity contribution in [3.63, 3.8) is 0 Å². The first-order valence-corrected chi connectivity index (χ1v) is 10.5. The quantitative estimate of drug-likeness (QED) is 0.772. The second kappa shape index (κ2) is 9.59. The molecule has 7 heteroatoms. The lowest BCUT2D eigenvalue weighted by molar-refractivity contribution is -0.138. The second-order valence-corrected chi connectivity index (χ2v) is 8.78. The predicted octanol–water partition coefficient (Wildman–Crippen LogP) is 1.88. The highest BCUT2D eigenvalue weighted by Crippen LogP contribution is 2.18. The molecule has 2 fully saturated rings. The molecular formula is C22H34N4O3. The van der Waals surface area contributed by atoms with Crippen molar-refractivity contribution in [3.8, 4) is 0 Å². The van der Waals surface area contributed by atoms with E-state index in [1.165, 1.54) is 0 Å². The first kappa shape index (κ1) is 21.6. The summed E-state index contributed by atoms with van der Waals surface area (Å²) in [7, 11) is 0. The third-order valence-corrected chi connectivity index (χ3v) is 5.58. The molecular weight excluding hydrogens is 368 g/mol. The van der Waals surface area contributed by atoms with Crippen LogP contribution in [0.15, 0.2) is 30.3 Å². The van der Waals surface area contributed by atoms with E-state index in [-0.39, 0.29) is 17.5 Å². The van der Waals surface area contributed by atoms with Crippen molar-refractivity contribution in [2.24, 2.45) is 0 Å². The van der Waals surface area contributed by atoms with Crippen LogP contribution in [0.5, 0.6) is 0 Å². The maximum atomic E-state index is 13.1. The number of hydrogen-bond donors (Lipinski definition) is 0. The fourth-order valence-corrected chi connectivity index (χ4v) is 3.79. The summed E-state index contributed by atoms with van der Waals surface area (Å²) in [4.78, 5) is 33.6. The fraction of sp³-hybridized carbons (Fsp3) is 0.636. The molecule has 160 valence electrons. The van der Waals surface area contributed by atoms with Crippen molar-refractivity contribution in [1.29, 1.82) is 0 Å². The molecule has 0 bridgehead atoms. The van der Waals surface area contributed by atoms with Gasteiger partial charge in [-0.15, -0.1) is 0 Å². The van der Waals surface area contributed by atoms with Crippen LogP contribution >= 0.6 is 0 Å². The van der Waals surface area contributed by atoms with Crippen LogP contribution in [0.4, 0.5) is 4.79 Å². The average molecular weight is 403 g/mol. The van der Waals surface area contributed by atoms with Crippen molar-refractivity contribution < 1.29 is 14.3 Å². The second-order valence-electron chi connectivity index (χ2n) is 8.78. The molecule has 0 N–H and O–H groups in total. The van der Waals surface area contributed by atoms with Gasteiger partial charge in [0.05, 0.1) is 19.8 Å². The number of morpholine rings is 1. The van der Waals surface area contributed by atoms with Crippen molar-refractivity contribution >= 4 is 11.9 Å². The Balaban J connectivity index is 1.52. The molecule has 1 aromatic carbocycles. The van der Waals surface area contributed by atoms with Crippen LogP contribution in [0.3, 0.4) is 0 Å². The number of urea groups is 1. The van der Waals surface area contributed by atoms with E-state index >= 15 is 0 Å². The average Bonchev–Trinajstić information content (AvgIpc) is 2.72. The maximum absolute atomic E-state index is 13.1. The van der Waals surface area contributed by atoms with E-state index in [0.29, 0.717) is 52.5 Å². The van der Waals surface area contributed by atoms with Gasteiger partial charge in [0, 0.05) is 51.4 Å². The highest BCUT2D eigenvalue weighted by molar-refractivity contribution is 5.79. The predicted molar refractivity (Wildman–Crippen MR) is 113 cm³/mol. The van der Waals surface area contributed by atoms with Crippen molar-refractivity contribution in [2.75, 3.05) is 59.0 Å². The van der Waals surface area contributed by atoms with Crippen molar-refractivity contribution in [3.05, 3.63) is 35.9 Å². The minimum atomic E-state index is -0.249. The van der Waals surface area contributed by atoms with Gasteiger partial charge in [-0.25, -0.2) is 4.79 Å². The summed E-state index contributed by atoms with van der Waals surface area (Å²) < 4.78 is 5.33. The molecule has 29 heavy (non-hydrogen) atoms. The number of piperazine rings is 1. The Morgan fingerprint density at radius 2 is 1.52 bits per heavy atom. The number of hydrogen-bond acceptors (Lipinski definition) is 4. The van der Waals surface area contributed by atoms with Gasteiger partial charge >= 0.3 is 6.03 Å². The van der Waals surface area contributed by atoms with Crippen LogP contribution in [-0.2, 0) is 16.1 Å². The number of rotatable bonds is 4. The smallest absolute Gasteiger partial charge is 0.320 e. The Kier molecular flexibility index (Phi) is 7.14. The summed E-state index contributed by atoms with van der Waals surface area (Å²) in [6.45, 7) is 12.6. The Bertz CT molecular complexity index is 675. The number of amides is 3. The van der Waals surface area contributed by atoms with Gasteiger partial charge < -0.3 is 19.4 Å². The molecule has 0 aromatic heterocycles. The number of carbonyl (C=O) groups excluding carboxylic acids is 2. The van der Waals surface area contributed by atoms with Gasteiger partial charge in [-0.1, -0.05) is 30.3 Å². The van der Waals surface area contributed by atoms with E-state index in [9.17, 15) is 9.59 Å². The van der Waals surface area contributed by atoms with Gasteiger partial charge in [-0.3, -0.25) is 9.69 Å². The molecule has 3 amide bonds. The van der Waals surface area contributed by atoms with Gasteiger partial charge in [0.15, 0.2) is 0 Å². The monoisotopic (exact) mass is 402 g/mol. The standard InChI is InChI=1S/C22H34N4O3/c1-22(2,3)26(17-19-7-5-4-6-8-19)20(27)18-23-9-11-24(12-10-23)21(28)25-13-15-29-16-14-25/h4-8H,9-18H2,1-3H3. The molecule has 2 aliphatic heterocycles. The summed E-state index contributed by atoms with van der Waals surface area (Å²) in [5.74, 6) is 0.134. The first-order valence-electron chi connectivity index (χ1n) is 10.5. The molecule has 0 saturated carbocycles. The van der Waals surface area contributed by atoms with E-state index in [4.69, 9.17) is 4.74 Å². The first-order chi connectivity index (χ1) is 13.8. The molecule has 7 nitrogen and oxygen atoms in total. The fourth-order valence-electron chi connectivity index (χ4n) is 3.79. The van der Waals surface area contributed by atoms with Gasteiger partial charge in [0.1, 0.15) is 0 Å².